The van der Waals surface area contributed by atoms with Crippen LogP contribution in [0.15, 0.2) is 73.2 Å². The van der Waals surface area contributed by atoms with Gasteiger partial charge in [0.2, 0.25) is 11.6 Å². The molecule has 7 heterocycles. The van der Waals surface area contributed by atoms with Gasteiger partial charge in [-0.2, -0.15) is 13.2 Å². The zero-order chi connectivity index (χ0) is 49.8. The molecule has 1 fully saturated rings. The number of nitrogens with two attached hydrogens (primary N) is 4. The van der Waals surface area contributed by atoms with Gasteiger partial charge in [-0.15, -0.1) is 33.9 Å². The number of rotatable bonds is 5. The van der Waals surface area contributed by atoms with Gasteiger partial charge in [0.1, 0.15) is 10.8 Å². The fourth-order valence-electron chi connectivity index (χ4n) is 4.52. The first-order chi connectivity index (χ1) is 30.4. The van der Waals surface area contributed by atoms with Gasteiger partial charge in [-0.25, -0.2) is 15.0 Å². The van der Waals surface area contributed by atoms with Crippen LogP contribution < -0.4 is 27.7 Å². The van der Waals surface area contributed by atoms with E-state index in [1.165, 1.54) is 53.2 Å². The predicted octanol–water partition coefficient (Wildman–Crippen LogP) is 13.2. The van der Waals surface area contributed by atoms with E-state index in [1.807, 2.05) is 41.5 Å². The molecule has 1 aliphatic rings. The standard InChI is InChI=1S/C10H14BFO2S.C9H6FN3O2S.C9H8FN3S.C5H4ClN3O2.C2H5I.C2H6.CI3.V/c1-9(2)10(3,4)14-11(13-9)7-5-6-8(12)15-7;10-7-2-1-6(16-7)5-3-4-12-9(11)8(5)13(14)15;10-7-2-1-6(14-7)5-3-4-13-9(12)8(5)11;6-3-1-2-8-5(7)4(3)9(10)11;1-2-3;1-2;2-1(3)4;/h5-6H,1-4H3;1-4H,(H2,11,12);1-4H,11H2,(H2,12,13);1-2H,(H2,7,8);2H2,1H3;1-2H3;;/q;;;;;;-1;. The molecule has 0 bridgehead atoms. The topological polar surface area (TPSA) is 247 Å². The summed E-state index contributed by atoms with van der Waals surface area (Å²) in [6.45, 7) is 14.0. The minimum absolute atomic E-state index is 0. The van der Waals surface area contributed by atoms with E-state index in [0.717, 1.165) is 49.2 Å². The molecule has 0 spiro atoms. The van der Waals surface area contributed by atoms with Crippen LogP contribution in [-0.4, -0.2) is 47.5 Å². The monoisotopic (exact) mass is 1480 g/mol. The molecule has 359 valence electrons. The average molecular weight is 1480 g/mol. The minimum atomic E-state index is -0.662. The van der Waals surface area contributed by atoms with E-state index < -0.39 is 22.1 Å². The molecule has 6 aromatic heterocycles. The molecule has 0 atom stereocenters. The maximum absolute atomic E-state index is 12.9. The SMILES string of the molecule is CC.CC1(C)OB(c2ccc(F)s2)OC1(C)C.CCI.I[C-](I)I.Nc1nccc(-c2ccc(F)s2)c1N.Nc1nccc(-c2ccc(F)s2)c1[N+](=O)[O-].Nc1nccc(Cl)c1[N+](=O)[O-].[V]. The summed E-state index contributed by atoms with van der Waals surface area (Å²) in [7, 11) is -0.440. The summed E-state index contributed by atoms with van der Waals surface area (Å²) in [5.41, 5.74) is 21.9. The predicted molar refractivity (Wildman–Crippen MR) is 296 cm³/mol. The van der Waals surface area contributed by atoms with E-state index in [2.05, 4.69) is 112 Å². The molecule has 1 saturated heterocycles. The number of halogens is 8. The van der Waals surface area contributed by atoms with Crippen LogP contribution in [0.25, 0.3) is 20.9 Å². The van der Waals surface area contributed by atoms with Gasteiger partial charge >= 0.3 is 18.5 Å². The zero-order valence-corrected chi connectivity index (χ0v) is 49.1. The first-order valence-corrected chi connectivity index (χ1v) is 25.9. The maximum Gasteiger partial charge on any atom is 0.505 e. The van der Waals surface area contributed by atoms with E-state index in [1.54, 1.807) is 24.4 Å². The Bertz CT molecular complexity index is 2410. The van der Waals surface area contributed by atoms with Crippen molar-refractivity contribution in [3.8, 4) is 20.9 Å². The Labute approximate surface area is 464 Å². The largest absolute Gasteiger partial charge is 0.505 e. The summed E-state index contributed by atoms with van der Waals surface area (Å²) in [5.74, 6) is -0.0601. The third kappa shape index (κ3) is 20.6. The fourth-order valence-corrected chi connectivity index (χ4v) is 6.96. The Morgan fingerprint density at radius 2 is 1.06 bits per heavy atom. The summed E-state index contributed by atoms with van der Waals surface area (Å²) < 4.78 is 53.4. The second-order valence-electron chi connectivity index (χ2n) is 12.7. The van der Waals surface area contributed by atoms with Gasteiger partial charge < -0.3 is 32.2 Å². The summed E-state index contributed by atoms with van der Waals surface area (Å²) in [4.78, 5) is 32.0. The van der Waals surface area contributed by atoms with Crippen LogP contribution in [0, 0.1) is 35.6 Å². The molecule has 8 N–H and O–H groups in total. The maximum atomic E-state index is 12.9. The van der Waals surface area contributed by atoms with Gasteiger partial charge in [0.05, 0.1) is 32.3 Å². The third-order valence-corrected chi connectivity index (χ3v) is 11.0. The minimum Gasteiger partial charge on any atom is -0.399 e. The molecule has 15 nitrogen and oxygen atoms in total. The van der Waals surface area contributed by atoms with Crippen molar-refractivity contribution in [3.63, 3.8) is 0 Å². The number of nitrogen functional groups attached to an aromatic ring is 4. The molecule has 28 heteroatoms. The van der Waals surface area contributed by atoms with Crippen LogP contribution in [0.3, 0.4) is 0 Å². The number of thiophene rings is 3. The molecule has 66 heavy (non-hydrogen) atoms. The number of alkyl halides is 1. The molecular weight excluding hydrogens is 1440 g/mol. The van der Waals surface area contributed by atoms with Crippen molar-refractivity contribution in [1.29, 1.82) is 0 Å². The van der Waals surface area contributed by atoms with Crippen LogP contribution in [0.5, 0.6) is 0 Å². The van der Waals surface area contributed by atoms with Gasteiger partial charge in [0.15, 0.2) is 15.4 Å². The van der Waals surface area contributed by atoms with Gasteiger partial charge in [0.25, 0.3) is 0 Å². The number of hydrogen-bond donors (Lipinski definition) is 4. The normalized spacial score (nSPS) is 12.5. The molecule has 0 aromatic carbocycles. The summed E-state index contributed by atoms with van der Waals surface area (Å²) >= 11 is 17.4. The molecule has 0 aliphatic carbocycles. The van der Waals surface area contributed by atoms with Crippen molar-refractivity contribution in [2.45, 2.75) is 59.7 Å². The summed E-state index contributed by atoms with van der Waals surface area (Å²) in [5, 5.41) is 20.2. The van der Waals surface area contributed by atoms with E-state index in [9.17, 15) is 33.4 Å². The fraction of sp³-hybridized carbons (Fsp3) is 0.263. The van der Waals surface area contributed by atoms with Crippen molar-refractivity contribution < 1.29 is 50.9 Å². The Morgan fingerprint density at radius 1 is 0.697 bits per heavy atom. The molecule has 0 unspecified atom stereocenters. The number of nitro groups is 2. The van der Waals surface area contributed by atoms with Crippen LogP contribution in [0.1, 0.15) is 48.5 Å². The average Bonchev–Trinajstić information content (AvgIpc) is 4.01. The Hall–Kier alpha value is -1.88. The molecular formula is C38H43BClF3I4N9O6S3V-. The molecule has 1 radical (unpaired) electrons. The zero-order valence-electron chi connectivity index (χ0n) is 35.9. The van der Waals surface area contributed by atoms with Crippen molar-refractivity contribution >= 4 is 182 Å². The van der Waals surface area contributed by atoms with Gasteiger partial charge in [-0.3, -0.25) is 88.0 Å². The quantitative estimate of drug-likeness (QED) is 0.0314. The number of pyridine rings is 3. The van der Waals surface area contributed by atoms with Crippen LogP contribution >= 0.6 is 136 Å². The van der Waals surface area contributed by atoms with Crippen LogP contribution in [0.4, 0.5) is 47.7 Å². The number of anilines is 4. The van der Waals surface area contributed by atoms with Gasteiger partial charge in [-0.1, -0.05) is 55.0 Å². The molecule has 1 aliphatic heterocycles. The Kier molecular flexibility index (Phi) is 30.5. The molecule has 0 saturated carbocycles. The van der Waals surface area contributed by atoms with Crippen LogP contribution in [0.2, 0.25) is 5.02 Å². The van der Waals surface area contributed by atoms with E-state index in [0.29, 0.717) is 10.6 Å². The number of nitrogens with zero attached hydrogens (tertiary/aromatic N) is 5. The van der Waals surface area contributed by atoms with Crippen molar-refractivity contribution in [1.82, 2.24) is 15.0 Å². The first kappa shape index (κ1) is 64.1. The molecule has 0 amide bonds. The molecule has 7 rings (SSSR count). The number of aromatic nitrogens is 3. The van der Waals surface area contributed by atoms with Gasteiger partial charge in [0, 0.05) is 57.2 Å². The third-order valence-electron chi connectivity index (χ3n) is 8.00. The Balaban J connectivity index is 0.000000805. The van der Waals surface area contributed by atoms with Crippen LogP contribution in [-0.2, 0) is 27.9 Å². The second-order valence-corrected chi connectivity index (χ2v) is 27.2. The second kappa shape index (κ2) is 31.4. The Morgan fingerprint density at radius 3 is 1.42 bits per heavy atom. The van der Waals surface area contributed by atoms with Crippen molar-refractivity contribution in [2.75, 3.05) is 27.4 Å². The van der Waals surface area contributed by atoms with Gasteiger partial charge in [-0.05, 0) is 86.7 Å². The van der Waals surface area contributed by atoms with Crippen molar-refractivity contribution in [2.24, 2.45) is 0 Å². The first-order valence-electron chi connectivity index (χ1n) is 18.3. The van der Waals surface area contributed by atoms with Crippen molar-refractivity contribution in [3.05, 3.63) is 114 Å². The number of hydrogen-bond acceptors (Lipinski definition) is 16. The summed E-state index contributed by atoms with van der Waals surface area (Å²) in [6.07, 6.45) is 4.22. The van der Waals surface area contributed by atoms with E-state index >= 15 is 0 Å². The molecule has 6 aromatic rings. The smallest absolute Gasteiger partial charge is 0.399 e. The van der Waals surface area contributed by atoms with E-state index in [4.69, 9.17) is 43.8 Å². The van der Waals surface area contributed by atoms with E-state index in [-0.39, 0.29) is 79.4 Å². The summed E-state index contributed by atoms with van der Waals surface area (Å²) in [6, 6.07) is 13.4.